The Morgan fingerprint density at radius 2 is 2.15 bits per heavy atom. The standard InChI is InChI=1S/C10H17NO2/c1-5-9(6-2)13-8-7-10(12)11(3)4/h5-6H,1,7-8H2,2-4H3/b9-6+. The largest absolute Gasteiger partial charge is 0.493 e. The fourth-order valence-corrected chi connectivity index (χ4v) is 0.740. The van der Waals surface area contributed by atoms with Crippen LogP contribution >= 0.6 is 0 Å². The first-order valence-corrected chi connectivity index (χ1v) is 4.23. The van der Waals surface area contributed by atoms with Gasteiger partial charge in [0.05, 0.1) is 13.0 Å². The van der Waals surface area contributed by atoms with E-state index >= 15 is 0 Å². The molecule has 0 aliphatic rings. The SMILES string of the molecule is C=C/C(=C\C)OCCC(=O)N(C)C. The van der Waals surface area contributed by atoms with Gasteiger partial charge in [0.2, 0.25) is 5.91 Å². The van der Waals surface area contributed by atoms with Crippen molar-refractivity contribution in [3.05, 3.63) is 24.5 Å². The number of amides is 1. The van der Waals surface area contributed by atoms with Gasteiger partial charge in [0.1, 0.15) is 5.76 Å². The summed E-state index contributed by atoms with van der Waals surface area (Å²) in [7, 11) is 3.46. The van der Waals surface area contributed by atoms with Crippen molar-refractivity contribution in [2.45, 2.75) is 13.3 Å². The molecule has 0 atom stereocenters. The lowest BCUT2D eigenvalue weighted by atomic mass is 10.4. The minimum absolute atomic E-state index is 0.0690. The highest BCUT2D eigenvalue weighted by Crippen LogP contribution is 1.99. The summed E-state index contributed by atoms with van der Waals surface area (Å²) in [6.07, 6.45) is 3.84. The molecule has 0 aromatic rings. The second kappa shape index (κ2) is 6.29. The van der Waals surface area contributed by atoms with Crippen LogP contribution in [0.1, 0.15) is 13.3 Å². The average Bonchev–Trinajstić information content (AvgIpc) is 2.12. The van der Waals surface area contributed by atoms with Crippen LogP contribution in [-0.4, -0.2) is 31.5 Å². The zero-order valence-electron chi connectivity index (χ0n) is 8.54. The summed E-state index contributed by atoms with van der Waals surface area (Å²) in [5, 5.41) is 0. The molecule has 0 aromatic heterocycles. The number of nitrogens with zero attached hydrogens (tertiary/aromatic N) is 1. The molecule has 13 heavy (non-hydrogen) atoms. The van der Waals surface area contributed by atoms with Crippen LogP contribution in [0.2, 0.25) is 0 Å². The first kappa shape index (κ1) is 11.8. The lowest BCUT2D eigenvalue weighted by Gasteiger charge is -2.10. The van der Waals surface area contributed by atoms with E-state index in [4.69, 9.17) is 4.74 Å². The van der Waals surface area contributed by atoms with E-state index in [1.165, 1.54) is 0 Å². The molecule has 0 saturated heterocycles. The van der Waals surface area contributed by atoms with E-state index in [2.05, 4.69) is 6.58 Å². The molecule has 0 spiro atoms. The van der Waals surface area contributed by atoms with Gasteiger partial charge in [-0.15, -0.1) is 0 Å². The third-order valence-electron chi connectivity index (χ3n) is 1.57. The van der Waals surface area contributed by atoms with Crippen LogP contribution in [0, 0.1) is 0 Å². The summed E-state index contributed by atoms with van der Waals surface area (Å²) < 4.78 is 5.26. The van der Waals surface area contributed by atoms with Crippen LogP contribution in [-0.2, 0) is 9.53 Å². The third-order valence-corrected chi connectivity index (χ3v) is 1.57. The number of carbonyl (C=O) groups excluding carboxylic acids is 1. The molecular weight excluding hydrogens is 166 g/mol. The molecule has 0 saturated carbocycles. The fourth-order valence-electron chi connectivity index (χ4n) is 0.740. The van der Waals surface area contributed by atoms with Crippen molar-refractivity contribution >= 4 is 5.91 Å². The van der Waals surface area contributed by atoms with Crippen molar-refractivity contribution in [3.8, 4) is 0 Å². The normalized spacial score (nSPS) is 10.8. The second-order valence-electron chi connectivity index (χ2n) is 2.78. The monoisotopic (exact) mass is 183 g/mol. The Bertz CT molecular complexity index is 207. The van der Waals surface area contributed by atoms with Crippen molar-refractivity contribution in [1.82, 2.24) is 4.90 Å². The molecule has 1 amide bonds. The van der Waals surface area contributed by atoms with Gasteiger partial charge in [0, 0.05) is 14.1 Å². The zero-order chi connectivity index (χ0) is 10.3. The van der Waals surface area contributed by atoms with Gasteiger partial charge >= 0.3 is 0 Å². The maximum Gasteiger partial charge on any atom is 0.225 e. The van der Waals surface area contributed by atoms with Crippen molar-refractivity contribution < 1.29 is 9.53 Å². The van der Waals surface area contributed by atoms with Gasteiger partial charge in [0.25, 0.3) is 0 Å². The van der Waals surface area contributed by atoms with Crippen LogP contribution in [0.15, 0.2) is 24.5 Å². The van der Waals surface area contributed by atoms with E-state index in [-0.39, 0.29) is 5.91 Å². The zero-order valence-corrected chi connectivity index (χ0v) is 8.54. The van der Waals surface area contributed by atoms with Gasteiger partial charge in [-0.2, -0.15) is 0 Å². The minimum Gasteiger partial charge on any atom is -0.493 e. The molecule has 74 valence electrons. The number of allylic oxidation sites excluding steroid dienone is 2. The molecule has 0 heterocycles. The topological polar surface area (TPSA) is 29.5 Å². The van der Waals surface area contributed by atoms with Crippen molar-refractivity contribution in [2.75, 3.05) is 20.7 Å². The number of carbonyl (C=O) groups is 1. The first-order chi connectivity index (χ1) is 6.11. The molecule has 0 unspecified atom stereocenters. The Hall–Kier alpha value is -1.25. The molecule has 0 fully saturated rings. The molecule has 3 heteroatoms. The van der Waals surface area contributed by atoms with Gasteiger partial charge in [0.15, 0.2) is 0 Å². The number of hydrogen-bond acceptors (Lipinski definition) is 2. The van der Waals surface area contributed by atoms with E-state index in [9.17, 15) is 4.79 Å². The summed E-state index contributed by atoms with van der Waals surface area (Å²) in [4.78, 5) is 12.6. The summed E-state index contributed by atoms with van der Waals surface area (Å²) in [5.41, 5.74) is 0. The Morgan fingerprint density at radius 3 is 2.54 bits per heavy atom. The predicted octanol–water partition coefficient (Wildman–Crippen LogP) is 1.57. The summed E-state index contributed by atoms with van der Waals surface area (Å²) >= 11 is 0. The highest BCUT2D eigenvalue weighted by atomic mass is 16.5. The van der Waals surface area contributed by atoms with Crippen LogP contribution < -0.4 is 0 Å². The minimum atomic E-state index is 0.0690. The third kappa shape index (κ3) is 5.06. The molecule has 0 aliphatic carbocycles. The lowest BCUT2D eigenvalue weighted by molar-refractivity contribution is -0.129. The molecule has 0 rings (SSSR count). The maximum atomic E-state index is 11.1. The molecule has 0 bridgehead atoms. The van der Waals surface area contributed by atoms with Crippen LogP contribution in [0.3, 0.4) is 0 Å². The van der Waals surface area contributed by atoms with Gasteiger partial charge < -0.3 is 9.64 Å². The van der Waals surface area contributed by atoms with Gasteiger partial charge in [-0.05, 0) is 19.1 Å². The number of rotatable bonds is 5. The van der Waals surface area contributed by atoms with E-state index in [1.807, 2.05) is 13.0 Å². The molecule has 0 aromatic carbocycles. The van der Waals surface area contributed by atoms with E-state index < -0.39 is 0 Å². The van der Waals surface area contributed by atoms with E-state index in [0.29, 0.717) is 18.8 Å². The van der Waals surface area contributed by atoms with E-state index in [1.54, 1.807) is 25.1 Å². The highest BCUT2D eigenvalue weighted by Gasteiger charge is 2.03. The second-order valence-corrected chi connectivity index (χ2v) is 2.78. The molecule has 0 N–H and O–H groups in total. The smallest absolute Gasteiger partial charge is 0.225 e. The highest BCUT2D eigenvalue weighted by molar-refractivity contribution is 5.75. The van der Waals surface area contributed by atoms with Crippen molar-refractivity contribution in [3.63, 3.8) is 0 Å². The Labute approximate surface area is 79.7 Å². The quantitative estimate of drug-likeness (QED) is 0.478. The maximum absolute atomic E-state index is 11.1. The Balaban J connectivity index is 3.68. The summed E-state index contributed by atoms with van der Waals surface area (Å²) in [6.45, 7) is 5.85. The molecule has 0 aliphatic heterocycles. The Morgan fingerprint density at radius 1 is 1.54 bits per heavy atom. The van der Waals surface area contributed by atoms with Crippen molar-refractivity contribution in [2.24, 2.45) is 0 Å². The summed E-state index contributed by atoms with van der Waals surface area (Å²) in [6, 6.07) is 0. The number of ether oxygens (including phenoxy) is 1. The fraction of sp³-hybridized carbons (Fsp3) is 0.500. The molecule has 3 nitrogen and oxygen atoms in total. The lowest BCUT2D eigenvalue weighted by Crippen LogP contribution is -2.22. The Kier molecular flexibility index (Phi) is 5.68. The van der Waals surface area contributed by atoms with Gasteiger partial charge in [-0.25, -0.2) is 0 Å². The van der Waals surface area contributed by atoms with E-state index in [0.717, 1.165) is 0 Å². The predicted molar refractivity (Wildman–Crippen MR) is 53.2 cm³/mol. The number of hydrogen-bond donors (Lipinski definition) is 0. The van der Waals surface area contributed by atoms with Crippen LogP contribution in [0.25, 0.3) is 0 Å². The first-order valence-electron chi connectivity index (χ1n) is 4.23. The van der Waals surface area contributed by atoms with Crippen LogP contribution in [0.5, 0.6) is 0 Å². The summed E-state index contributed by atoms with van der Waals surface area (Å²) in [5.74, 6) is 0.783. The van der Waals surface area contributed by atoms with Gasteiger partial charge in [-0.1, -0.05) is 6.58 Å². The average molecular weight is 183 g/mol. The molecule has 0 radical (unpaired) electrons. The van der Waals surface area contributed by atoms with Gasteiger partial charge in [-0.3, -0.25) is 4.79 Å². The van der Waals surface area contributed by atoms with Crippen LogP contribution in [0.4, 0.5) is 0 Å². The van der Waals surface area contributed by atoms with Crippen molar-refractivity contribution in [1.29, 1.82) is 0 Å². The molecular formula is C10H17NO2.